The number of ether oxygens (including phenoxy) is 3. The molecule has 0 spiro atoms. The molecule has 4 aromatic rings. The van der Waals surface area contributed by atoms with Crippen molar-refractivity contribution in [3.63, 3.8) is 0 Å². The molecule has 1 aliphatic heterocycles. The van der Waals surface area contributed by atoms with Gasteiger partial charge in [0.05, 0.1) is 31.5 Å². The molecule has 2 heterocycles. The Morgan fingerprint density at radius 1 is 1.02 bits per heavy atom. The zero-order valence-corrected chi connectivity index (χ0v) is 35.6. The molecule has 7 rings (SSSR count). The van der Waals surface area contributed by atoms with E-state index < -0.39 is 60.3 Å². The van der Waals surface area contributed by atoms with E-state index in [4.69, 9.17) is 23.7 Å². The first kappa shape index (κ1) is 42.9. The number of carbonyl (C=O) groups excluding carboxylic acids is 3. The number of nitrogens with one attached hydrogen (secondary N) is 2. The number of methoxy groups -OCH3 is 1. The molecule has 3 fully saturated rings. The van der Waals surface area contributed by atoms with Crippen LogP contribution in [0.15, 0.2) is 97.6 Å². The van der Waals surface area contributed by atoms with Crippen molar-refractivity contribution in [2.45, 2.75) is 95.3 Å². The molecule has 0 radical (unpaired) electrons. The average molecular weight is 839 g/mol. The molecular formula is C46H55N4O9P. The van der Waals surface area contributed by atoms with Crippen molar-refractivity contribution in [1.29, 1.82) is 0 Å². The lowest BCUT2D eigenvalue weighted by molar-refractivity contribution is -0.142. The minimum Gasteiger partial charge on any atom is -0.497 e. The zero-order valence-electron chi connectivity index (χ0n) is 34.7. The van der Waals surface area contributed by atoms with Crippen LogP contribution in [0.25, 0.3) is 22.2 Å². The molecule has 6 atom stereocenters. The van der Waals surface area contributed by atoms with Crippen LogP contribution in [0.1, 0.15) is 64.9 Å². The van der Waals surface area contributed by atoms with Crippen molar-refractivity contribution in [2.75, 3.05) is 20.3 Å². The molecular weight excluding hydrogens is 783 g/mol. The maximum Gasteiger partial charge on any atom is 0.408 e. The van der Waals surface area contributed by atoms with Gasteiger partial charge in [0.2, 0.25) is 11.8 Å². The molecule has 14 heteroatoms. The summed E-state index contributed by atoms with van der Waals surface area (Å²) >= 11 is 0. The first-order valence-corrected chi connectivity index (χ1v) is 22.2. The number of hydrogen-bond acceptors (Lipinski definition) is 9. The predicted octanol–water partition coefficient (Wildman–Crippen LogP) is 7.81. The molecule has 2 aliphatic carbocycles. The highest BCUT2D eigenvalue weighted by atomic mass is 31.2. The number of rotatable bonds is 15. The fourth-order valence-corrected chi connectivity index (χ4v) is 10.0. The third-order valence-electron chi connectivity index (χ3n) is 11.8. The second-order valence-corrected chi connectivity index (χ2v) is 19.1. The monoisotopic (exact) mass is 838 g/mol. The van der Waals surface area contributed by atoms with Crippen LogP contribution >= 0.6 is 7.60 Å². The highest BCUT2D eigenvalue weighted by molar-refractivity contribution is 7.55. The summed E-state index contributed by atoms with van der Waals surface area (Å²) < 4.78 is 37.7. The quantitative estimate of drug-likeness (QED) is 0.0795. The summed E-state index contributed by atoms with van der Waals surface area (Å²) in [6, 6.07) is 24.2. The van der Waals surface area contributed by atoms with Crippen molar-refractivity contribution in [2.24, 2.45) is 11.3 Å². The normalized spacial score (nSPS) is 23.0. The van der Waals surface area contributed by atoms with E-state index in [-0.39, 0.29) is 32.1 Å². The number of amides is 3. The number of aromatic nitrogens is 1. The van der Waals surface area contributed by atoms with Crippen LogP contribution in [-0.2, 0) is 29.8 Å². The van der Waals surface area contributed by atoms with Crippen molar-refractivity contribution in [3.05, 3.63) is 103 Å². The van der Waals surface area contributed by atoms with E-state index in [0.29, 0.717) is 34.5 Å². The zero-order chi connectivity index (χ0) is 42.7. The minimum absolute atomic E-state index is 0.0221. The Morgan fingerprint density at radius 3 is 2.37 bits per heavy atom. The van der Waals surface area contributed by atoms with Gasteiger partial charge in [0.1, 0.15) is 41.1 Å². The van der Waals surface area contributed by atoms with Gasteiger partial charge < -0.3 is 39.2 Å². The Kier molecular flexibility index (Phi) is 12.7. The van der Waals surface area contributed by atoms with Crippen molar-refractivity contribution in [1.82, 2.24) is 20.5 Å². The maximum atomic E-state index is 14.8. The van der Waals surface area contributed by atoms with Gasteiger partial charge in [-0.1, -0.05) is 87.5 Å². The number of hydrogen-bond donors (Lipinski definition) is 3. The van der Waals surface area contributed by atoms with Gasteiger partial charge in [-0.25, -0.2) is 9.78 Å². The summed E-state index contributed by atoms with van der Waals surface area (Å²) in [6.45, 7) is 9.28. The van der Waals surface area contributed by atoms with Crippen molar-refractivity contribution >= 4 is 36.4 Å². The minimum atomic E-state index is -4.48. The summed E-state index contributed by atoms with van der Waals surface area (Å²) in [5, 5.41) is 4.76. The van der Waals surface area contributed by atoms with E-state index in [1.807, 2.05) is 106 Å². The van der Waals surface area contributed by atoms with E-state index in [2.05, 4.69) is 17.2 Å². The Morgan fingerprint density at radius 2 is 1.72 bits per heavy atom. The lowest BCUT2D eigenvalue weighted by Crippen LogP contribution is -2.58. The predicted molar refractivity (Wildman–Crippen MR) is 228 cm³/mol. The molecule has 2 saturated carbocycles. The molecule has 3 aliphatic rings. The molecule has 3 N–H and O–H groups in total. The molecule has 1 saturated heterocycles. The standard InChI is InChI=1S/C46H55N4O9P/c1-6-32-28-46(32,60(54,55)57-24-23-30-15-9-7-10-16-30)49-42(51)39-26-35(29-50(39)43(52)41(45(2,3)4)48-44(53)59-33-19-13-14-20-33)58-40-27-37(31-17-11-8-12-18-31)47-38-25-34(56-5)21-22-36(38)40/h6-12,15-18,21-22,25,27,32-33,35,39,41H,1,13-14,19-20,23-24,26,28-29H2,2-5H3,(H,48,53)(H,49,51)(H,54,55)/t32?,35-,39?,41-,46?/m1/s1. The fraction of sp³-hybridized carbons (Fsp3) is 0.435. The van der Waals surface area contributed by atoms with Gasteiger partial charge in [-0.15, -0.1) is 6.58 Å². The summed E-state index contributed by atoms with van der Waals surface area (Å²) in [4.78, 5) is 60.5. The Balaban J connectivity index is 1.19. The summed E-state index contributed by atoms with van der Waals surface area (Å²) in [7, 11) is -2.90. The number of nitrogens with zero attached hydrogens (tertiary/aromatic N) is 2. The number of benzene rings is 3. The second-order valence-electron chi connectivity index (χ2n) is 17.0. The molecule has 13 nitrogen and oxygen atoms in total. The van der Waals surface area contributed by atoms with Gasteiger partial charge >= 0.3 is 13.7 Å². The summed E-state index contributed by atoms with van der Waals surface area (Å²) in [5.41, 5.74) is 2.28. The number of pyridine rings is 1. The third-order valence-corrected chi connectivity index (χ3v) is 13.9. The van der Waals surface area contributed by atoms with E-state index in [0.717, 1.165) is 36.8 Å². The average Bonchev–Trinajstić information content (AvgIpc) is 3.49. The number of likely N-dealkylation sites (tertiary alicyclic amines) is 1. The molecule has 1 aromatic heterocycles. The highest BCUT2D eigenvalue weighted by Crippen LogP contribution is 2.70. The van der Waals surface area contributed by atoms with Gasteiger partial charge in [-0.2, -0.15) is 0 Å². The largest absolute Gasteiger partial charge is 0.497 e. The Hall–Kier alpha value is -5.23. The summed E-state index contributed by atoms with van der Waals surface area (Å²) in [6.07, 6.45) is 3.92. The van der Waals surface area contributed by atoms with E-state index in [9.17, 15) is 23.8 Å². The van der Waals surface area contributed by atoms with Crippen LogP contribution in [0.3, 0.4) is 0 Å². The lowest BCUT2D eigenvalue weighted by atomic mass is 9.85. The summed E-state index contributed by atoms with van der Waals surface area (Å²) in [5.74, 6) is -0.594. The highest BCUT2D eigenvalue weighted by Gasteiger charge is 2.67. The van der Waals surface area contributed by atoms with Gasteiger partial charge in [0.25, 0.3) is 0 Å². The molecule has 4 unspecified atom stereocenters. The van der Waals surface area contributed by atoms with E-state index in [1.54, 1.807) is 7.11 Å². The third kappa shape index (κ3) is 9.38. The van der Waals surface area contributed by atoms with Gasteiger partial charge in [0.15, 0.2) is 0 Å². The Labute approximate surface area is 351 Å². The van der Waals surface area contributed by atoms with Crippen molar-refractivity contribution < 1.29 is 42.6 Å². The molecule has 318 valence electrons. The number of alkyl carbamates (subject to hydrolysis) is 1. The van der Waals surface area contributed by atoms with E-state index in [1.165, 1.54) is 11.0 Å². The van der Waals surface area contributed by atoms with E-state index >= 15 is 0 Å². The van der Waals surface area contributed by atoms with Gasteiger partial charge in [0, 0.05) is 35.4 Å². The molecule has 0 bridgehead atoms. The van der Waals surface area contributed by atoms with Crippen LogP contribution in [-0.4, -0.2) is 82.5 Å². The molecule has 3 amide bonds. The van der Waals surface area contributed by atoms with Crippen molar-refractivity contribution in [3.8, 4) is 22.8 Å². The smallest absolute Gasteiger partial charge is 0.408 e. The number of carbonyl (C=O) groups is 3. The first-order chi connectivity index (χ1) is 28.7. The van der Waals surface area contributed by atoms with Crippen LogP contribution in [0.4, 0.5) is 4.79 Å². The maximum absolute atomic E-state index is 14.8. The molecule has 60 heavy (non-hydrogen) atoms. The SMILES string of the molecule is C=CC1CC1(NC(=O)C1C[C@@H](Oc2cc(-c3ccccc3)nc3cc(OC)ccc23)CN1C(=O)[C@@H](NC(=O)OC1CCCC1)C(C)(C)C)P(=O)(O)OCCc1ccccc1. The fourth-order valence-electron chi connectivity index (χ4n) is 8.27. The second kappa shape index (κ2) is 17.8. The van der Waals surface area contributed by atoms with Crippen LogP contribution in [0.5, 0.6) is 11.5 Å². The molecule has 3 aromatic carbocycles. The van der Waals surface area contributed by atoms with Gasteiger partial charge in [-0.05, 0) is 61.6 Å². The topological polar surface area (TPSA) is 166 Å². The van der Waals surface area contributed by atoms with Crippen LogP contribution in [0.2, 0.25) is 0 Å². The Bertz CT molecular complexity index is 2240. The van der Waals surface area contributed by atoms with Crippen LogP contribution < -0.4 is 20.1 Å². The first-order valence-electron chi connectivity index (χ1n) is 20.7. The van der Waals surface area contributed by atoms with Gasteiger partial charge in [-0.3, -0.25) is 14.2 Å². The van der Waals surface area contributed by atoms with Crippen LogP contribution in [0, 0.1) is 11.3 Å². The lowest BCUT2D eigenvalue weighted by Gasteiger charge is -2.35. The number of fused-ring (bicyclic) bond motifs is 1.